The number of hydrogen-bond acceptors (Lipinski definition) is 4. The lowest BCUT2D eigenvalue weighted by molar-refractivity contribution is 0.103. The van der Waals surface area contributed by atoms with Crippen LogP contribution >= 0.6 is 22.7 Å². The molecule has 0 saturated carbocycles. The van der Waals surface area contributed by atoms with Crippen LogP contribution in [0.3, 0.4) is 0 Å². The Balaban J connectivity index is 1.58. The summed E-state index contributed by atoms with van der Waals surface area (Å²) in [5.74, 6) is -0.517. The minimum Gasteiger partial charge on any atom is -0.321 e. The Bertz CT molecular complexity index is 1050. The van der Waals surface area contributed by atoms with Crippen molar-refractivity contribution in [3.8, 4) is 9.88 Å². The van der Waals surface area contributed by atoms with Crippen molar-refractivity contribution in [3.63, 3.8) is 0 Å². The van der Waals surface area contributed by atoms with Gasteiger partial charge in [0.05, 0.1) is 20.0 Å². The molecule has 0 aliphatic rings. The van der Waals surface area contributed by atoms with Crippen molar-refractivity contribution >= 4 is 44.5 Å². The first-order chi connectivity index (χ1) is 12.1. The second-order valence-electron chi connectivity index (χ2n) is 5.56. The molecule has 0 aliphatic carbocycles. The highest BCUT2D eigenvalue weighted by molar-refractivity contribution is 7.26. The number of nitrogens with zero attached hydrogens (tertiary/aromatic N) is 1. The van der Waals surface area contributed by atoms with Crippen LogP contribution < -0.4 is 5.32 Å². The highest BCUT2D eigenvalue weighted by Gasteiger charge is 2.14. The van der Waals surface area contributed by atoms with Crippen molar-refractivity contribution < 1.29 is 9.18 Å². The lowest BCUT2D eigenvalue weighted by Crippen LogP contribution is -2.11. The molecule has 0 spiro atoms. The molecule has 3 nitrogen and oxygen atoms in total. The van der Waals surface area contributed by atoms with Crippen LogP contribution in [-0.4, -0.2) is 10.9 Å². The van der Waals surface area contributed by atoms with Gasteiger partial charge in [-0.1, -0.05) is 12.1 Å². The number of nitrogens with one attached hydrogen (secondary N) is 1. The number of para-hydroxylation sites is 1. The summed E-state index contributed by atoms with van der Waals surface area (Å²) in [5.41, 5.74) is 2.27. The number of rotatable bonds is 3. The summed E-state index contributed by atoms with van der Waals surface area (Å²) in [6, 6.07) is 16.0. The van der Waals surface area contributed by atoms with E-state index in [1.54, 1.807) is 30.4 Å². The van der Waals surface area contributed by atoms with E-state index < -0.39 is 0 Å². The van der Waals surface area contributed by atoms with E-state index in [9.17, 15) is 9.18 Å². The summed E-state index contributed by atoms with van der Waals surface area (Å²) in [6.07, 6.45) is 0. The van der Waals surface area contributed by atoms with E-state index in [2.05, 4.69) is 10.3 Å². The molecule has 25 heavy (non-hydrogen) atoms. The van der Waals surface area contributed by atoms with Gasteiger partial charge in [0, 0.05) is 5.69 Å². The number of benzene rings is 2. The Hall–Kier alpha value is -2.57. The Morgan fingerprint density at radius 3 is 2.72 bits per heavy atom. The van der Waals surface area contributed by atoms with Crippen molar-refractivity contribution in [1.82, 2.24) is 4.98 Å². The van der Waals surface area contributed by atoms with Crippen LogP contribution in [0.5, 0.6) is 0 Å². The van der Waals surface area contributed by atoms with E-state index in [4.69, 9.17) is 0 Å². The summed E-state index contributed by atoms with van der Waals surface area (Å²) < 4.78 is 14.3. The van der Waals surface area contributed by atoms with E-state index in [0.29, 0.717) is 16.1 Å². The van der Waals surface area contributed by atoms with Crippen molar-refractivity contribution in [2.75, 3.05) is 5.32 Å². The Morgan fingerprint density at radius 1 is 1.08 bits per heavy atom. The molecule has 0 unspecified atom stereocenters. The van der Waals surface area contributed by atoms with Gasteiger partial charge in [0.1, 0.15) is 10.8 Å². The third kappa shape index (κ3) is 3.18. The Kier molecular flexibility index (Phi) is 4.07. The number of halogens is 1. The lowest BCUT2D eigenvalue weighted by Gasteiger charge is -2.07. The fourth-order valence-electron chi connectivity index (χ4n) is 2.50. The molecule has 4 rings (SSSR count). The van der Waals surface area contributed by atoms with Gasteiger partial charge in [-0.2, -0.15) is 0 Å². The normalized spacial score (nSPS) is 11.0. The van der Waals surface area contributed by atoms with Gasteiger partial charge < -0.3 is 5.32 Å². The molecule has 0 atom stereocenters. The molecule has 2 heterocycles. The molecule has 124 valence electrons. The van der Waals surface area contributed by atoms with Crippen LogP contribution in [0.1, 0.15) is 15.2 Å². The summed E-state index contributed by atoms with van der Waals surface area (Å²) in [6.45, 7) is 1.76. The van der Waals surface area contributed by atoms with E-state index in [-0.39, 0.29) is 11.7 Å². The molecule has 2 aromatic carbocycles. The zero-order chi connectivity index (χ0) is 17.4. The fraction of sp³-hybridized carbons (Fsp3) is 0.0526. The van der Waals surface area contributed by atoms with E-state index in [1.807, 2.05) is 30.3 Å². The molecule has 0 saturated heterocycles. The maximum absolute atomic E-state index is 13.2. The van der Waals surface area contributed by atoms with Gasteiger partial charge in [-0.15, -0.1) is 22.7 Å². The predicted molar refractivity (Wildman–Crippen MR) is 102 cm³/mol. The number of aromatic nitrogens is 1. The molecule has 2 aromatic heterocycles. The highest BCUT2D eigenvalue weighted by atomic mass is 32.1. The predicted octanol–water partition coefficient (Wildman–Crippen LogP) is 5.72. The molecule has 0 bridgehead atoms. The minimum absolute atomic E-state index is 0.202. The third-order valence-electron chi connectivity index (χ3n) is 3.77. The van der Waals surface area contributed by atoms with Crippen molar-refractivity contribution in [2.24, 2.45) is 0 Å². The topological polar surface area (TPSA) is 42.0 Å². The molecule has 1 amide bonds. The molecule has 4 aromatic rings. The number of carbonyl (C=O) groups is 1. The van der Waals surface area contributed by atoms with Crippen LogP contribution in [0.4, 0.5) is 10.1 Å². The van der Waals surface area contributed by atoms with Crippen LogP contribution in [0.25, 0.3) is 20.1 Å². The first kappa shape index (κ1) is 15.9. The minimum atomic E-state index is -0.315. The van der Waals surface area contributed by atoms with Crippen LogP contribution in [0.15, 0.2) is 54.6 Å². The number of anilines is 1. The van der Waals surface area contributed by atoms with Gasteiger partial charge in [-0.05, 0) is 55.0 Å². The molecule has 0 aliphatic heterocycles. The van der Waals surface area contributed by atoms with E-state index in [0.717, 1.165) is 20.1 Å². The second kappa shape index (κ2) is 6.38. The number of thiophene rings is 1. The number of carbonyl (C=O) groups excluding carboxylic acids is 1. The zero-order valence-electron chi connectivity index (χ0n) is 13.2. The Morgan fingerprint density at radius 2 is 1.92 bits per heavy atom. The SMILES string of the molecule is Cc1cc(F)ccc1NC(=O)c1ccc(-c2nc3ccccc3s2)s1. The fourth-order valence-corrected chi connectivity index (χ4v) is 4.43. The van der Waals surface area contributed by atoms with Gasteiger partial charge in [0.25, 0.3) is 5.91 Å². The van der Waals surface area contributed by atoms with Gasteiger partial charge >= 0.3 is 0 Å². The van der Waals surface area contributed by atoms with E-state index >= 15 is 0 Å². The maximum Gasteiger partial charge on any atom is 0.265 e. The molecule has 0 radical (unpaired) electrons. The monoisotopic (exact) mass is 368 g/mol. The standard InChI is InChI=1S/C19H13FN2OS2/c1-11-10-12(20)6-7-13(11)21-18(23)16-8-9-17(24-16)19-22-14-4-2-3-5-15(14)25-19/h2-10H,1H3,(H,21,23). The lowest BCUT2D eigenvalue weighted by atomic mass is 10.2. The zero-order valence-corrected chi connectivity index (χ0v) is 14.9. The van der Waals surface area contributed by atoms with Crippen molar-refractivity contribution in [2.45, 2.75) is 6.92 Å². The molecule has 0 fully saturated rings. The highest BCUT2D eigenvalue weighted by Crippen LogP contribution is 2.34. The molecular weight excluding hydrogens is 355 g/mol. The van der Waals surface area contributed by atoms with Crippen molar-refractivity contribution in [1.29, 1.82) is 0 Å². The number of amides is 1. The Labute approximate surface area is 151 Å². The quantitative estimate of drug-likeness (QED) is 0.502. The number of aryl methyl sites for hydroxylation is 1. The second-order valence-corrected chi connectivity index (χ2v) is 7.68. The maximum atomic E-state index is 13.2. The first-order valence-electron chi connectivity index (χ1n) is 7.63. The molecular formula is C19H13FN2OS2. The molecule has 1 N–H and O–H groups in total. The third-order valence-corrected chi connectivity index (χ3v) is 6.06. The van der Waals surface area contributed by atoms with Crippen LogP contribution in [0, 0.1) is 12.7 Å². The van der Waals surface area contributed by atoms with Gasteiger partial charge in [-0.25, -0.2) is 9.37 Å². The molecule has 6 heteroatoms. The summed E-state index contributed by atoms with van der Waals surface area (Å²) >= 11 is 3.01. The van der Waals surface area contributed by atoms with Gasteiger partial charge in [0.2, 0.25) is 0 Å². The average Bonchev–Trinajstić information content (AvgIpc) is 3.23. The average molecular weight is 368 g/mol. The largest absolute Gasteiger partial charge is 0.321 e. The smallest absolute Gasteiger partial charge is 0.265 e. The van der Waals surface area contributed by atoms with E-state index in [1.165, 1.54) is 23.5 Å². The summed E-state index contributed by atoms with van der Waals surface area (Å²) in [5, 5.41) is 3.74. The number of fused-ring (bicyclic) bond motifs is 1. The van der Waals surface area contributed by atoms with Crippen molar-refractivity contribution in [3.05, 3.63) is 70.9 Å². The van der Waals surface area contributed by atoms with Crippen LogP contribution in [-0.2, 0) is 0 Å². The number of thiazole rings is 1. The number of hydrogen-bond donors (Lipinski definition) is 1. The van der Waals surface area contributed by atoms with Crippen LogP contribution in [0.2, 0.25) is 0 Å². The van der Waals surface area contributed by atoms with Gasteiger partial charge in [-0.3, -0.25) is 4.79 Å². The summed E-state index contributed by atoms with van der Waals surface area (Å²) in [4.78, 5) is 18.6. The van der Waals surface area contributed by atoms with Gasteiger partial charge in [0.15, 0.2) is 0 Å². The first-order valence-corrected chi connectivity index (χ1v) is 9.27. The summed E-state index contributed by atoms with van der Waals surface area (Å²) in [7, 11) is 0.